The van der Waals surface area contributed by atoms with Crippen molar-refractivity contribution in [3.63, 3.8) is 0 Å². The monoisotopic (exact) mass is 324 g/mol. The Morgan fingerprint density at radius 3 is 2.86 bits per heavy atom. The molecular formula is C15H14ClFN2O3. The second kappa shape index (κ2) is 7.09. The van der Waals surface area contributed by atoms with Crippen LogP contribution >= 0.6 is 11.6 Å². The molecule has 1 heterocycles. The molecule has 2 rings (SSSR count). The van der Waals surface area contributed by atoms with E-state index < -0.39 is 5.91 Å². The topological polar surface area (TPSA) is 74.4 Å². The average molecular weight is 325 g/mol. The molecule has 2 N–H and O–H groups in total. The van der Waals surface area contributed by atoms with E-state index in [1.807, 2.05) is 0 Å². The van der Waals surface area contributed by atoms with Crippen LogP contribution < -0.4 is 15.2 Å². The molecule has 0 aliphatic heterocycles. The number of nitrogens with two attached hydrogens (primary N) is 1. The molecule has 1 aromatic heterocycles. The van der Waals surface area contributed by atoms with Crippen LogP contribution in [0, 0.1) is 5.82 Å². The molecule has 0 fully saturated rings. The van der Waals surface area contributed by atoms with Crippen molar-refractivity contribution in [2.75, 3.05) is 13.7 Å². The van der Waals surface area contributed by atoms with Gasteiger partial charge in [0.25, 0.3) is 5.88 Å². The van der Waals surface area contributed by atoms with E-state index in [0.29, 0.717) is 17.0 Å². The van der Waals surface area contributed by atoms with Crippen LogP contribution in [0.1, 0.15) is 15.9 Å². The van der Waals surface area contributed by atoms with Gasteiger partial charge in [-0.1, -0.05) is 11.6 Å². The Hall–Kier alpha value is -2.34. The maximum absolute atomic E-state index is 13.6. The Morgan fingerprint density at radius 1 is 1.41 bits per heavy atom. The maximum Gasteiger partial charge on any atom is 0.256 e. The molecule has 1 aromatic carbocycles. The van der Waals surface area contributed by atoms with Gasteiger partial charge in [-0.2, -0.15) is 0 Å². The Balaban J connectivity index is 2.09. The van der Waals surface area contributed by atoms with Crippen LogP contribution in [0.2, 0.25) is 5.02 Å². The van der Waals surface area contributed by atoms with Crippen LogP contribution in [0.3, 0.4) is 0 Å². The van der Waals surface area contributed by atoms with Gasteiger partial charge in [-0.25, -0.2) is 9.37 Å². The van der Waals surface area contributed by atoms with Crippen molar-refractivity contribution >= 4 is 17.5 Å². The second-order valence-corrected chi connectivity index (χ2v) is 4.87. The summed E-state index contributed by atoms with van der Waals surface area (Å²) in [6, 6.07) is 5.75. The molecule has 0 atom stereocenters. The van der Waals surface area contributed by atoms with Crippen molar-refractivity contribution in [1.82, 2.24) is 4.98 Å². The van der Waals surface area contributed by atoms with E-state index in [0.717, 1.165) is 0 Å². The number of rotatable bonds is 6. The standard InChI is InChI=1S/C15H14ClFN2O3/c1-21-15-13(7-10(8-19-15)14(18)20)22-5-4-9-6-11(16)2-3-12(9)17/h2-3,6-8H,4-5H2,1H3,(H2,18,20). The van der Waals surface area contributed by atoms with Gasteiger partial charge >= 0.3 is 0 Å². The zero-order valence-electron chi connectivity index (χ0n) is 11.8. The number of methoxy groups -OCH3 is 1. The van der Waals surface area contributed by atoms with Gasteiger partial charge in [0.05, 0.1) is 19.3 Å². The molecule has 7 heteroatoms. The number of benzene rings is 1. The molecule has 0 bridgehead atoms. The Kier molecular flexibility index (Phi) is 5.16. The molecule has 22 heavy (non-hydrogen) atoms. The lowest BCUT2D eigenvalue weighted by molar-refractivity contribution is 0.0999. The third kappa shape index (κ3) is 3.85. The first kappa shape index (κ1) is 16.0. The van der Waals surface area contributed by atoms with Gasteiger partial charge in [0.1, 0.15) is 5.82 Å². The van der Waals surface area contributed by atoms with Crippen molar-refractivity contribution in [1.29, 1.82) is 0 Å². The van der Waals surface area contributed by atoms with Gasteiger partial charge in [-0.15, -0.1) is 0 Å². The number of hydrogen-bond donors (Lipinski definition) is 1. The molecule has 0 aliphatic rings. The summed E-state index contributed by atoms with van der Waals surface area (Å²) in [5, 5.41) is 0.450. The number of pyridine rings is 1. The van der Waals surface area contributed by atoms with Crippen molar-refractivity contribution < 1.29 is 18.7 Å². The highest BCUT2D eigenvalue weighted by molar-refractivity contribution is 6.30. The Bertz CT molecular complexity index is 694. The number of nitrogens with zero attached hydrogens (tertiary/aromatic N) is 1. The molecule has 5 nitrogen and oxygen atoms in total. The van der Waals surface area contributed by atoms with Gasteiger partial charge in [0.2, 0.25) is 5.91 Å². The maximum atomic E-state index is 13.6. The fourth-order valence-electron chi connectivity index (χ4n) is 1.83. The Morgan fingerprint density at radius 2 is 2.18 bits per heavy atom. The van der Waals surface area contributed by atoms with E-state index in [1.54, 1.807) is 0 Å². The Labute approximate surface area is 131 Å². The summed E-state index contributed by atoms with van der Waals surface area (Å²) in [6.07, 6.45) is 1.60. The normalized spacial score (nSPS) is 10.3. The summed E-state index contributed by atoms with van der Waals surface area (Å²) in [4.78, 5) is 15.1. The van der Waals surface area contributed by atoms with E-state index in [-0.39, 0.29) is 29.6 Å². The summed E-state index contributed by atoms with van der Waals surface area (Å²) in [5.74, 6) is -0.498. The number of ether oxygens (including phenoxy) is 2. The van der Waals surface area contributed by atoms with Gasteiger partial charge < -0.3 is 15.2 Å². The number of carbonyl (C=O) groups is 1. The summed E-state index contributed by atoms with van der Waals surface area (Å²) >= 11 is 5.83. The third-order valence-corrected chi connectivity index (χ3v) is 3.17. The molecule has 0 radical (unpaired) electrons. The quantitative estimate of drug-likeness (QED) is 0.886. The zero-order valence-corrected chi connectivity index (χ0v) is 12.6. The van der Waals surface area contributed by atoms with Crippen molar-refractivity contribution in [3.05, 3.63) is 52.4 Å². The van der Waals surface area contributed by atoms with Crippen molar-refractivity contribution in [2.24, 2.45) is 5.73 Å². The highest BCUT2D eigenvalue weighted by Crippen LogP contribution is 2.25. The summed E-state index contributed by atoms with van der Waals surface area (Å²) < 4.78 is 24.2. The van der Waals surface area contributed by atoms with Crippen molar-refractivity contribution in [2.45, 2.75) is 6.42 Å². The van der Waals surface area contributed by atoms with Crippen molar-refractivity contribution in [3.8, 4) is 11.6 Å². The molecule has 2 aromatic rings. The van der Waals surface area contributed by atoms with Crippen LogP contribution in [0.5, 0.6) is 11.6 Å². The van der Waals surface area contributed by atoms with Gasteiger partial charge in [0, 0.05) is 23.7 Å². The average Bonchev–Trinajstić information content (AvgIpc) is 2.50. The third-order valence-electron chi connectivity index (χ3n) is 2.93. The number of aromatic nitrogens is 1. The largest absolute Gasteiger partial charge is 0.488 e. The minimum Gasteiger partial charge on any atom is -0.488 e. The smallest absolute Gasteiger partial charge is 0.256 e. The second-order valence-electron chi connectivity index (χ2n) is 4.43. The fourth-order valence-corrected chi connectivity index (χ4v) is 2.02. The first-order valence-electron chi connectivity index (χ1n) is 6.42. The SMILES string of the molecule is COc1ncc(C(N)=O)cc1OCCc1cc(Cl)ccc1F. The van der Waals surface area contributed by atoms with Gasteiger partial charge in [-0.05, 0) is 23.8 Å². The zero-order chi connectivity index (χ0) is 16.1. The molecule has 0 spiro atoms. The molecule has 0 saturated heterocycles. The van der Waals surface area contributed by atoms with Gasteiger partial charge in [-0.3, -0.25) is 4.79 Å². The van der Waals surface area contributed by atoms with Crippen LogP contribution in [0.15, 0.2) is 30.5 Å². The molecular weight excluding hydrogens is 311 g/mol. The van der Waals surface area contributed by atoms with E-state index in [4.69, 9.17) is 26.8 Å². The van der Waals surface area contributed by atoms with E-state index in [2.05, 4.69) is 4.98 Å². The lowest BCUT2D eigenvalue weighted by atomic mass is 10.1. The molecule has 1 amide bonds. The number of carbonyl (C=O) groups excluding carboxylic acids is 1. The summed E-state index contributed by atoms with van der Waals surface area (Å²) in [6.45, 7) is 0.164. The highest BCUT2D eigenvalue weighted by Gasteiger charge is 2.11. The predicted molar refractivity (Wildman–Crippen MR) is 79.9 cm³/mol. The molecule has 0 aliphatic carbocycles. The number of primary amides is 1. The van der Waals surface area contributed by atoms with E-state index in [1.165, 1.54) is 37.6 Å². The number of hydrogen-bond acceptors (Lipinski definition) is 4. The molecule has 0 unspecified atom stereocenters. The van der Waals surface area contributed by atoms with E-state index >= 15 is 0 Å². The molecule has 116 valence electrons. The lowest BCUT2D eigenvalue weighted by Crippen LogP contribution is -2.12. The lowest BCUT2D eigenvalue weighted by Gasteiger charge is -2.11. The van der Waals surface area contributed by atoms with Crippen LogP contribution in [0.25, 0.3) is 0 Å². The number of halogens is 2. The fraction of sp³-hybridized carbons (Fsp3) is 0.200. The predicted octanol–water partition coefficient (Wildman–Crippen LogP) is 2.60. The summed E-state index contributed by atoms with van der Waals surface area (Å²) in [7, 11) is 1.43. The minimum atomic E-state index is -0.624. The highest BCUT2D eigenvalue weighted by atomic mass is 35.5. The van der Waals surface area contributed by atoms with Gasteiger partial charge in [0.15, 0.2) is 5.75 Å². The number of amides is 1. The first-order valence-corrected chi connectivity index (χ1v) is 6.79. The minimum absolute atomic E-state index is 0.164. The van der Waals surface area contributed by atoms with Crippen LogP contribution in [-0.4, -0.2) is 24.6 Å². The molecule has 0 saturated carbocycles. The summed E-state index contributed by atoms with van der Waals surface area (Å²) in [5.41, 5.74) is 5.83. The first-order chi connectivity index (χ1) is 10.5. The van der Waals surface area contributed by atoms with Crippen LogP contribution in [-0.2, 0) is 6.42 Å². The van der Waals surface area contributed by atoms with E-state index in [9.17, 15) is 9.18 Å². The van der Waals surface area contributed by atoms with Crippen LogP contribution in [0.4, 0.5) is 4.39 Å².